The van der Waals surface area contributed by atoms with Crippen molar-refractivity contribution < 1.29 is 4.79 Å². The van der Waals surface area contributed by atoms with Crippen LogP contribution in [0.5, 0.6) is 0 Å². The molecule has 6 nitrogen and oxygen atoms in total. The smallest absolute Gasteiger partial charge is 0.236 e. The van der Waals surface area contributed by atoms with Crippen LogP contribution >= 0.6 is 0 Å². The van der Waals surface area contributed by atoms with Gasteiger partial charge in [-0.1, -0.05) is 13.8 Å². The van der Waals surface area contributed by atoms with Gasteiger partial charge in [0, 0.05) is 26.6 Å². The number of hydrogen-bond acceptors (Lipinski definition) is 4. The lowest BCUT2D eigenvalue weighted by Gasteiger charge is -2.14. The van der Waals surface area contributed by atoms with Crippen molar-refractivity contribution in [3.8, 4) is 0 Å². The van der Waals surface area contributed by atoms with Gasteiger partial charge in [-0.25, -0.2) is 0 Å². The van der Waals surface area contributed by atoms with Crippen LogP contribution < -0.4 is 10.6 Å². The van der Waals surface area contributed by atoms with E-state index in [1.54, 1.807) is 6.33 Å². The summed E-state index contributed by atoms with van der Waals surface area (Å²) in [6.45, 7) is 7.63. The summed E-state index contributed by atoms with van der Waals surface area (Å²) in [5, 5.41) is 13.9. The predicted octanol–water partition coefficient (Wildman–Crippen LogP) is 0.498. The third kappa shape index (κ3) is 5.83. The molecule has 19 heavy (non-hydrogen) atoms. The summed E-state index contributed by atoms with van der Waals surface area (Å²) in [6, 6.07) is -0.180. The first-order valence-electron chi connectivity index (χ1n) is 6.84. The Bertz CT molecular complexity index is 388. The number of rotatable bonds is 8. The summed E-state index contributed by atoms with van der Waals surface area (Å²) in [6.07, 6.45) is 3.45. The minimum absolute atomic E-state index is 0.0543. The monoisotopic (exact) mass is 267 g/mol. The largest absolute Gasteiger partial charge is 0.355 e. The van der Waals surface area contributed by atoms with Gasteiger partial charge in [-0.05, 0) is 19.3 Å². The lowest BCUT2D eigenvalue weighted by atomic mass is 10.1. The van der Waals surface area contributed by atoms with E-state index < -0.39 is 0 Å². The molecule has 1 aromatic rings. The average Bonchev–Trinajstić information content (AvgIpc) is 2.74. The van der Waals surface area contributed by atoms with E-state index in [4.69, 9.17) is 0 Å². The Balaban J connectivity index is 2.18. The second-order valence-electron chi connectivity index (χ2n) is 5.26. The van der Waals surface area contributed by atoms with E-state index in [1.807, 2.05) is 18.5 Å². The quantitative estimate of drug-likeness (QED) is 0.719. The van der Waals surface area contributed by atoms with Crippen molar-refractivity contribution in [1.29, 1.82) is 0 Å². The molecule has 0 fully saturated rings. The maximum absolute atomic E-state index is 11.8. The Kier molecular flexibility index (Phi) is 6.49. The minimum atomic E-state index is -0.180. The molecule has 0 aromatic carbocycles. The lowest BCUT2D eigenvalue weighted by molar-refractivity contribution is -0.122. The fourth-order valence-corrected chi connectivity index (χ4v) is 1.66. The van der Waals surface area contributed by atoms with Crippen LogP contribution in [0.15, 0.2) is 6.33 Å². The molecule has 6 heteroatoms. The SMILES string of the molecule is CC(C)CCNC(=O)C(C)NCCc1nncn1C. The molecule has 0 radical (unpaired) electrons. The van der Waals surface area contributed by atoms with Gasteiger partial charge >= 0.3 is 0 Å². The van der Waals surface area contributed by atoms with Crippen LogP contribution in [-0.4, -0.2) is 39.8 Å². The predicted molar refractivity (Wildman–Crippen MR) is 74.6 cm³/mol. The first-order valence-corrected chi connectivity index (χ1v) is 6.84. The van der Waals surface area contributed by atoms with Gasteiger partial charge in [0.25, 0.3) is 0 Å². The van der Waals surface area contributed by atoms with Crippen molar-refractivity contribution in [2.45, 2.75) is 39.7 Å². The normalized spacial score (nSPS) is 12.7. The standard InChI is InChI=1S/C13H25N5O/c1-10(2)5-7-15-13(19)11(3)14-8-6-12-17-16-9-18(12)4/h9-11,14H,5-8H2,1-4H3,(H,15,19). The van der Waals surface area contributed by atoms with E-state index in [0.29, 0.717) is 12.5 Å². The first kappa shape index (κ1) is 15.6. The van der Waals surface area contributed by atoms with Gasteiger partial charge in [-0.3, -0.25) is 4.79 Å². The van der Waals surface area contributed by atoms with E-state index in [9.17, 15) is 4.79 Å². The highest BCUT2D eigenvalue weighted by molar-refractivity contribution is 5.81. The molecule has 0 saturated carbocycles. The second kappa shape index (κ2) is 7.89. The number of aryl methyl sites for hydroxylation is 1. The molecule has 1 atom stereocenters. The molecule has 0 aliphatic carbocycles. The highest BCUT2D eigenvalue weighted by atomic mass is 16.2. The Labute approximate surface area is 115 Å². The highest BCUT2D eigenvalue weighted by Gasteiger charge is 2.11. The zero-order valence-electron chi connectivity index (χ0n) is 12.3. The first-order chi connectivity index (χ1) is 9.00. The second-order valence-corrected chi connectivity index (χ2v) is 5.26. The highest BCUT2D eigenvalue weighted by Crippen LogP contribution is 1.97. The van der Waals surface area contributed by atoms with Crippen LogP contribution in [0.4, 0.5) is 0 Å². The number of nitrogens with one attached hydrogen (secondary N) is 2. The van der Waals surface area contributed by atoms with Gasteiger partial charge < -0.3 is 15.2 Å². The molecule has 1 amide bonds. The topological polar surface area (TPSA) is 71.8 Å². The Morgan fingerprint density at radius 2 is 2.11 bits per heavy atom. The van der Waals surface area contributed by atoms with E-state index in [-0.39, 0.29) is 11.9 Å². The van der Waals surface area contributed by atoms with Gasteiger partial charge in [-0.2, -0.15) is 0 Å². The summed E-state index contributed by atoms with van der Waals surface area (Å²) in [4.78, 5) is 11.8. The molecule has 1 heterocycles. The molecule has 0 spiro atoms. The molecule has 1 aromatic heterocycles. The van der Waals surface area contributed by atoms with Gasteiger partial charge in [0.05, 0.1) is 6.04 Å². The Morgan fingerprint density at radius 3 is 2.68 bits per heavy atom. The van der Waals surface area contributed by atoms with E-state index in [1.165, 1.54) is 0 Å². The Morgan fingerprint density at radius 1 is 1.37 bits per heavy atom. The van der Waals surface area contributed by atoms with Gasteiger partial charge in [0.1, 0.15) is 12.2 Å². The fraction of sp³-hybridized carbons (Fsp3) is 0.769. The van der Waals surface area contributed by atoms with Crippen LogP contribution in [0.25, 0.3) is 0 Å². The zero-order chi connectivity index (χ0) is 14.3. The number of nitrogens with zero attached hydrogens (tertiary/aromatic N) is 3. The van der Waals surface area contributed by atoms with Crippen LogP contribution in [0.2, 0.25) is 0 Å². The molecule has 0 saturated heterocycles. The summed E-state index contributed by atoms with van der Waals surface area (Å²) in [5.41, 5.74) is 0. The number of aromatic nitrogens is 3. The summed E-state index contributed by atoms with van der Waals surface area (Å²) < 4.78 is 1.88. The minimum Gasteiger partial charge on any atom is -0.355 e. The molecular formula is C13H25N5O. The maximum atomic E-state index is 11.8. The fourth-order valence-electron chi connectivity index (χ4n) is 1.66. The summed E-state index contributed by atoms with van der Waals surface area (Å²) in [5.74, 6) is 1.58. The Hall–Kier alpha value is -1.43. The molecular weight excluding hydrogens is 242 g/mol. The molecule has 0 bridgehead atoms. The summed E-state index contributed by atoms with van der Waals surface area (Å²) in [7, 11) is 1.91. The van der Waals surface area contributed by atoms with Crippen molar-refractivity contribution in [1.82, 2.24) is 25.4 Å². The summed E-state index contributed by atoms with van der Waals surface area (Å²) >= 11 is 0. The molecule has 1 rings (SSSR count). The van der Waals surface area contributed by atoms with Gasteiger partial charge in [0.15, 0.2) is 0 Å². The van der Waals surface area contributed by atoms with Crippen molar-refractivity contribution in [2.24, 2.45) is 13.0 Å². The van der Waals surface area contributed by atoms with Crippen LogP contribution in [0.1, 0.15) is 33.0 Å². The molecule has 0 aliphatic heterocycles. The third-order valence-corrected chi connectivity index (χ3v) is 3.02. The molecule has 0 aliphatic rings. The van der Waals surface area contributed by atoms with Gasteiger partial charge in [0.2, 0.25) is 5.91 Å². The van der Waals surface area contributed by atoms with Crippen LogP contribution in [0, 0.1) is 5.92 Å². The third-order valence-electron chi connectivity index (χ3n) is 3.02. The number of hydrogen-bond donors (Lipinski definition) is 2. The maximum Gasteiger partial charge on any atom is 0.236 e. The van der Waals surface area contributed by atoms with Crippen molar-refractivity contribution in [2.75, 3.05) is 13.1 Å². The van der Waals surface area contributed by atoms with Gasteiger partial charge in [-0.15, -0.1) is 10.2 Å². The van der Waals surface area contributed by atoms with Crippen LogP contribution in [-0.2, 0) is 18.3 Å². The van der Waals surface area contributed by atoms with Crippen molar-refractivity contribution in [3.05, 3.63) is 12.2 Å². The van der Waals surface area contributed by atoms with E-state index in [2.05, 4.69) is 34.7 Å². The molecule has 108 valence electrons. The number of carbonyl (C=O) groups excluding carboxylic acids is 1. The van der Waals surface area contributed by atoms with E-state index >= 15 is 0 Å². The lowest BCUT2D eigenvalue weighted by Crippen LogP contribution is -2.43. The molecule has 2 N–H and O–H groups in total. The van der Waals surface area contributed by atoms with Crippen molar-refractivity contribution >= 4 is 5.91 Å². The average molecular weight is 267 g/mol. The van der Waals surface area contributed by atoms with Crippen molar-refractivity contribution in [3.63, 3.8) is 0 Å². The van der Waals surface area contributed by atoms with E-state index in [0.717, 1.165) is 25.2 Å². The number of amides is 1. The molecule has 1 unspecified atom stereocenters. The zero-order valence-corrected chi connectivity index (χ0v) is 12.3. The number of carbonyl (C=O) groups is 1. The van der Waals surface area contributed by atoms with Crippen LogP contribution in [0.3, 0.4) is 0 Å².